The van der Waals surface area contributed by atoms with Crippen molar-refractivity contribution in [3.8, 4) is 0 Å². The smallest absolute Gasteiger partial charge is 0.183 e. The van der Waals surface area contributed by atoms with Gasteiger partial charge >= 0.3 is 0 Å². The number of hydrogen-bond donors (Lipinski definition) is 2. The van der Waals surface area contributed by atoms with Crippen LogP contribution in [-0.2, 0) is 6.54 Å². The molecular weight excluding hydrogens is 368 g/mol. The number of fused-ring (bicyclic) bond motifs is 2. The Hall–Kier alpha value is -2.44. The molecule has 0 amide bonds. The predicted molar refractivity (Wildman–Crippen MR) is 115 cm³/mol. The summed E-state index contributed by atoms with van der Waals surface area (Å²) in [4.78, 5) is 9.20. The number of para-hydroxylation sites is 2. The third-order valence-corrected chi connectivity index (χ3v) is 6.69. The molecule has 4 aromatic rings. The number of nitrogens with one attached hydrogen (secondary N) is 1. The fraction of sp³-hybridized carbons (Fsp3) is 0.364. The summed E-state index contributed by atoms with van der Waals surface area (Å²) in [5.41, 5.74) is 4.45. The fourth-order valence-electron chi connectivity index (χ4n) is 4.12. The highest BCUT2D eigenvalue weighted by Gasteiger charge is 2.22. The van der Waals surface area contributed by atoms with Crippen molar-refractivity contribution in [3.63, 3.8) is 0 Å². The highest BCUT2D eigenvalue weighted by atomic mass is 32.1. The molecular formula is C22H24N4OS. The molecule has 0 saturated heterocycles. The van der Waals surface area contributed by atoms with E-state index in [-0.39, 0.29) is 6.10 Å². The number of thiazole rings is 1. The molecule has 0 bridgehead atoms. The van der Waals surface area contributed by atoms with Crippen LogP contribution in [0.3, 0.4) is 0 Å². The zero-order valence-electron chi connectivity index (χ0n) is 15.7. The topological polar surface area (TPSA) is 63.0 Å². The Morgan fingerprint density at radius 1 is 1.11 bits per heavy atom. The summed E-state index contributed by atoms with van der Waals surface area (Å²) in [5.74, 6) is 0.339. The molecule has 5 nitrogen and oxygen atoms in total. The van der Waals surface area contributed by atoms with Crippen LogP contribution in [0.25, 0.3) is 21.3 Å². The van der Waals surface area contributed by atoms with E-state index in [2.05, 4.69) is 39.1 Å². The van der Waals surface area contributed by atoms with Gasteiger partial charge in [-0.3, -0.25) is 0 Å². The van der Waals surface area contributed by atoms with Crippen molar-refractivity contribution in [3.05, 3.63) is 54.4 Å². The van der Waals surface area contributed by atoms with Crippen molar-refractivity contribution in [2.45, 2.75) is 38.3 Å². The highest BCUT2D eigenvalue weighted by molar-refractivity contribution is 7.22. The minimum absolute atomic E-state index is 0.174. The van der Waals surface area contributed by atoms with Crippen molar-refractivity contribution in [1.82, 2.24) is 14.5 Å². The van der Waals surface area contributed by atoms with E-state index in [0.717, 1.165) is 54.0 Å². The van der Waals surface area contributed by atoms with Crippen LogP contribution in [0.5, 0.6) is 0 Å². The van der Waals surface area contributed by atoms with Gasteiger partial charge in [0.15, 0.2) is 5.13 Å². The van der Waals surface area contributed by atoms with Crippen LogP contribution >= 0.6 is 11.3 Å². The van der Waals surface area contributed by atoms with Gasteiger partial charge in [0.05, 0.1) is 33.7 Å². The number of aliphatic hydroxyl groups excluding tert-OH is 1. The maximum atomic E-state index is 10.2. The number of nitrogens with zero attached hydrogens (tertiary/aromatic N) is 3. The van der Waals surface area contributed by atoms with E-state index >= 15 is 0 Å². The second kappa shape index (κ2) is 7.53. The molecule has 2 aromatic carbocycles. The summed E-state index contributed by atoms with van der Waals surface area (Å²) in [6, 6.07) is 14.7. The summed E-state index contributed by atoms with van der Waals surface area (Å²) in [6.07, 6.45) is 6.13. The van der Waals surface area contributed by atoms with E-state index in [1.807, 2.05) is 24.5 Å². The molecule has 2 unspecified atom stereocenters. The summed E-state index contributed by atoms with van der Waals surface area (Å²) in [6.45, 7) is 1.60. The number of rotatable bonds is 5. The zero-order valence-corrected chi connectivity index (χ0v) is 16.5. The second-order valence-electron chi connectivity index (χ2n) is 7.68. The summed E-state index contributed by atoms with van der Waals surface area (Å²) in [5, 5.41) is 14.6. The lowest BCUT2D eigenvalue weighted by molar-refractivity contribution is 0.0763. The summed E-state index contributed by atoms with van der Waals surface area (Å²) < 4.78 is 3.37. The number of hydrogen-bond acceptors (Lipinski definition) is 5. The average molecular weight is 393 g/mol. The van der Waals surface area contributed by atoms with Crippen molar-refractivity contribution in [2.75, 3.05) is 11.9 Å². The summed E-state index contributed by atoms with van der Waals surface area (Å²) in [7, 11) is 0. The van der Waals surface area contributed by atoms with E-state index < -0.39 is 0 Å². The largest absolute Gasteiger partial charge is 0.393 e. The van der Waals surface area contributed by atoms with E-state index in [1.54, 1.807) is 11.3 Å². The minimum atomic E-state index is -0.174. The third-order valence-electron chi connectivity index (χ3n) is 5.72. The van der Waals surface area contributed by atoms with Gasteiger partial charge in [0.1, 0.15) is 0 Å². The Balaban J connectivity index is 1.32. The first-order chi connectivity index (χ1) is 13.8. The molecule has 2 aromatic heterocycles. The molecule has 2 N–H and O–H groups in total. The lowest BCUT2D eigenvalue weighted by atomic mass is 9.86. The van der Waals surface area contributed by atoms with Gasteiger partial charge in [0.2, 0.25) is 0 Å². The Kier molecular flexibility index (Phi) is 4.74. The maximum absolute atomic E-state index is 10.2. The van der Waals surface area contributed by atoms with Gasteiger partial charge in [-0.25, -0.2) is 9.97 Å². The molecule has 0 aliphatic heterocycles. The predicted octanol–water partition coefficient (Wildman–Crippen LogP) is 4.66. The quantitative estimate of drug-likeness (QED) is 0.519. The highest BCUT2D eigenvalue weighted by Crippen LogP contribution is 2.29. The lowest BCUT2D eigenvalue weighted by Crippen LogP contribution is -2.30. The van der Waals surface area contributed by atoms with Gasteiger partial charge in [0.25, 0.3) is 0 Å². The molecule has 1 fully saturated rings. The number of anilines is 1. The molecule has 28 heavy (non-hydrogen) atoms. The van der Waals surface area contributed by atoms with E-state index in [1.165, 1.54) is 16.7 Å². The van der Waals surface area contributed by atoms with Crippen LogP contribution in [0, 0.1) is 5.92 Å². The Morgan fingerprint density at radius 2 is 2.00 bits per heavy atom. The molecule has 1 saturated carbocycles. The molecule has 0 spiro atoms. The molecule has 1 aliphatic carbocycles. The second-order valence-corrected chi connectivity index (χ2v) is 8.71. The van der Waals surface area contributed by atoms with Gasteiger partial charge in [-0.15, -0.1) is 0 Å². The molecule has 144 valence electrons. The lowest BCUT2D eigenvalue weighted by Gasteiger charge is -2.27. The van der Waals surface area contributed by atoms with Gasteiger partial charge in [0, 0.05) is 19.0 Å². The van der Waals surface area contributed by atoms with Gasteiger partial charge < -0.3 is 15.0 Å². The van der Waals surface area contributed by atoms with Crippen LogP contribution in [-0.4, -0.2) is 32.3 Å². The van der Waals surface area contributed by atoms with Crippen LogP contribution in [0.4, 0.5) is 5.13 Å². The molecule has 6 heteroatoms. The molecule has 0 radical (unpaired) electrons. The molecule has 2 heterocycles. The standard InChI is InChI=1S/C22H24N4OS/c27-20-8-4-1-5-16(20)12-23-22-25-18-10-9-15(11-21(18)28-22)13-26-14-24-17-6-2-3-7-19(17)26/h2-3,6-7,9-11,14,16,20,27H,1,4-5,8,12-13H2,(H,23,25). The Bertz CT molecular complexity index is 1100. The summed E-state index contributed by atoms with van der Waals surface area (Å²) >= 11 is 1.69. The fourth-order valence-corrected chi connectivity index (χ4v) is 5.06. The third kappa shape index (κ3) is 3.50. The van der Waals surface area contributed by atoms with Crippen LogP contribution in [0.2, 0.25) is 0 Å². The number of aliphatic hydroxyl groups is 1. The first kappa shape index (κ1) is 17.6. The van der Waals surface area contributed by atoms with Gasteiger partial charge in [-0.05, 0) is 42.7 Å². The molecule has 2 atom stereocenters. The van der Waals surface area contributed by atoms with Crippen LogP contribution in [0.1, 0.15) is 31.2 Å². The van der Waals surface area contributed by atoms with Gasteiger partial charge in [-0.1, -0.05) is 42.4 Å². The van der Waals surface area contributed by atoms with Crippen LogP contribution < -0.4 is 5.32 Å². The number of imidazole rings is 1. The minimum Gasteiger partial charge on any atom is -0.393 e. The van der Waals surface area contributed by atoms with E-state index in [9.17, 15) is 5.11 Å². The number of benzene rings is 2. The van der Waals surface area contributed by atoms with Gasteiger partial charge in [-0.2, -0.15) is 0 Å². The number of aromatic nitrogens is 3. The average Bonchev–Trinajstić information content (AvgIpc) is 3.31. The maximum Gasteiger partial charge on any atom is 0.183 e. The zero-order chi connectivity index (χ0) is 18.9. The van der Waals surface area contributed by atoms with E-state index in [0.29, 0.717) is 5.92 Å². The molecule has 5 rings (SSSR count). The SMILES string of the molecule is OC1CCCCC1CNc1nc2ccc(Cn3cnc4ccccc43)cc2s1. The van der Waals surface area contributed by atoms with Crippen LogP contribution in [0.15, 0.2) is 48.8 Å². The monoisotopic (exact) mass is 392 g/mol. The molecule has 1 aliphatic rings. The van der Waals surface area contributed by atoms with Crippen molar-refractivity contribution in [2.24, 2.45) is 5.92 Å². The van der Waals surface area contributed by atoms with Crippen molar-refractivity contribution >= 4 is 37.7 Å². The normalized spacial score (nSPS) is 20.0. The first-order valence-corrected chi connectivity index (χ1v) is 10.8. The Morgan fingerprint density at radius 3 is 2.93 bits per heavy atom. The van der Waals surface area contributed by atoms with Crippen molar-refractivity contribution in [1.29, 1.82) is 0 Å². The Labute approximate surface area is 168 Å². The first-order valence-electron chi connectivity index (χ1n) is 9.97. The van der Waals surface area contributed by atoms with Crippen molar-refractivity contribution < 1.29 is 5.11 Å². The van der Waals surface area contributed by atoms with E-state index in [4.69, 9.17) is 4.98 Å².